The summed E-state index contributed by atoms with van der Waals surface area (Å²) in [5, 5.41) is 12.2. The first-order chi connectivity index (χ1) is 14.4. The van der Waals surface area contributed by atoms with E-state index in [1.54, 1.807) is 0 Å². The van der Waals surface area contributed by atoms with Gasteiger partial charge in [0.2, 0.25) is 0 Å². The van der Waals surface area contributed by atoms with Crippen molar-refractivity contribution in [2.75, 3.05) is 24.4 Å². The van der Waals surface area contributed by atoms with E-state index in [1.807, 2.05) is 0 Å². The smallest absolute Gasteiger partial charge is 0.326 e. The number of carbonyl (C=O) groups is 1. The second kappa shape index (κ2) is 7.42. The number of amides is 2. The van der Waals surface area contributed by atoms with Gasteiger partial charge in [0.1, 0.15) is 11.8 Å². The second-order valence-corrected chi connectivity index (χ2v) is 7.17. The zero-order valence-corrected chi connectivity index (χ0v) is 16.3. The average molecular weight is 415 g/mol. The molecule has 2 amide bonds. The molecule has 10 heteroatoms. The SMILES string of the molecule is COc1cc(OC)c(F)c(N2Cc3cnc(C(N)C4CC4)c(C#N)c3NC2=O)c1F. The third-order valence-corrected chi connectivity index (χ3v) is 5.37. The number of halogens is 2. The van der Waals surface area contributed by atoms with E-state index in [0.717, 1.165) is 23.8 Å². The van der Waals surface area contributed by atoms with Gasteiger partial charge in [-0.2, -0.15) is 5.26 Å². The van der Waals surface area contributed by atoms with Crippen molar-refractivity contribution >= 4 is 17.4 Å². The van der Waals surface area contributed by atoms with Crippen molar-refractivity contribution in [3.05, 3.63) is 40.7 Å². The predicted molar refractivity (Wildman–Crippen MR) is 103 cm³/mol. The van der Waals surface area contributed by atoms with Crippen LogP contribution in [0.25, 0.3) is 0 Å². The molecule has 1 fully saturated rings. The number of anilines is 2. The Hall–Kier alpha value is -3.45. The maximum absolute atomic E-state index is 14.9. The van der Waals surface area contributed by atoms with Gasteiger partial charge in [0.25, 0.3) is 0 Å². The fraction of sp³-hybridized carbons (Fsp3) is 0.350. The number of nitrogens with zero attached hydrogens (tertiary/aromatic N) is 3. The number of ether oxygens (including phenoxy) is 2. The molecule has 2 aliphatic rings. The van der Waals surface area contributed by atoms with Crippen molar-refractivity contribution in [1.82, 2.24) is 4.98 Å². The van der Waals surface area contributed by atoms with Crippen LogP contribution in [0.4, 0.5) is 25.0 Å². The van der Waals surface area contributed by atoms with Crippen molar-refractivity contribution in [3.63, 3.8) is 0 Å². The van der Waals surface area contributed by atoms with E-state index in [2.05, 4.69) is 16.4 Å². The monoisotopic (exact) mass is 415 g/mol. The molecule has 1 aromatic carbocycles. The van der Waals surface area contributed by atoms with Crippen LogP contribution in [-0.4, -0.2) is 25.2 Å². The number of hydrogen-bond acceptors (Lipinski definition) is 6. The minimum absolute atomic E-state index is 0.170. The third kappa shape index (κ3) is 3.07. The van der Waals surface area contributed by atoms with Crippen LogP contribution in [0.3, 0.4) is 0 Å². The molecule has 1 saturated carbocycles. The van der Waals surface area contributed by atoms with Crippen LogP contribution in [0.2, 0.25) is 0 Å². The minimum atomic E-state index is -1.05. The van der Waals surface area contributed by atoms with Gasteiger partial charge >= 0.3 is 6.03 Å². The van der Waals surface area contributed by atoms with E-state index >= 15 is 0 Å². The van der Waals surface area contributed by atoms with E-state index in [1.165, 1.54) is 20.4 Å². The van der Waals surface area contributed by atoms with E-state index in [9.17, 15) is 18.8 Å². The summed E-state index contributed by atoms with van der Waals surface area (Å²) in [6, 6.07) is 1.91. The van der Waals surface area contributed by atoms with Gasteiger partial charge in [-0.05, 0) is 18.8 Å². The van der Waals surface area contributed by atoms with Crippen LogP contribution in [0.15, 0.2) is 12.3 Å². The Morgan fingerprint density at radius 3 is 2.47 bits per heavy atom. The maximum atomic E-state index is 14.9. The van der Waals surface area contributed by atoms with Crippen molar-refractivity contribution in [3.8, 4) is 17.6 Å². The number of urea groups is 1. The van der Waals surface area contributed by atoms with Crippen molar-refractivity contribution in [1.29, 1.82) is 5.26 Å². The van der Waals surface area contributed by atoms with Gasteiger partial charge in [0.05, 0.1) is 43.8 Å². The van der Waals surface area contributed by atoms with Crippen LogP contribution < -0.4 is 25.4 Å². The molecule has 1 aromatic heterocycles. The molecule has 1 aliphatic carbocycles. The Morgan fingerprint density at radius 1 is 1.30 bits per heavy atom. The third-order valence-electron chi connectivity index (χ3n) is 5.37. The first-order valence-electron chi connectivity index (χ1n) is 9.27. The molecule has 156 valence electrons. The Kier molecular flexibility index (Phi) is 4.91. The van der Waals surface area contributed by atoms with Gasteiger partial charge in [0.15, 0.2) is 23.1 Å². The predicted octanol–water partition coefficient (Wildman–Crippen LogP) is 3.21. The molecule has 1 atom stereocenters. The average Bonchev–Trinajstić information content (AvgIpc) is 3.58. The summed E-state index contributed by atoms with van der Waals surface area (Å²) >= 11 is 0. The number of hydrogen-bond donors (Lipinski definition) is 2. The number of pyridine rings is 1. The lowest BCUT2D eigenvalue weighted by molar-refractivity contribution is 0.255. The summed E-state index contributed by atoms with van der Waals surface area (Å²) in [5.41, 5.74) is 6.85. The molecule has 30 heavy (non-hydrogen) atoms. The number of methoxy groups -OCH3 is 2. The maximum Gasteiger partial charge on any atom is 0.326 e. The largest absolute Gasteiger partial charge is 0.493 e. The van der Waals surface area contributed by atoms with Crippen LogP contribution in [-0.2, 0) is 6.54 Å². The summed E-state index contributed by atoms with van der Waals surface area (Å²) in [5.74, 6) is -2.39. The van der Waals surface area contributed by atoms with Gasteiger partial charge in [0, 0.05) is 17.8 Å². The zero-order chi connectivity index (χ0) is 21.6. The summed E-state index contributed by atoms with van der Waals surface area (Å²) in [4.78, 5) is 18.0. The molecular formula is C20H19F2N5O3. The van der Waals surface area contributed by atoms with E-state index in [4.69, 9.17) is 15.2 Å². The van der Waals surface area contributed by atoms with Gasteiger partial charge in [-0.1, -0.05) is 0 Å². The van der Waals surface area contributed by atoms with Crippen molar-refractivity contribution < 1.29 is 23.0 Å². The highest BCUT2D eigenvalue weighted by molar-refractivity contribution is 6.05. The summed E-state index contributed by atoms with van der Waals surface area (Å²) in [7, 11) is 2.44. The molecule has 8 nitrogen and oxygen atoms in total. The molecule has 3 N–H and O–H groups in total. The van der Waals surface area contributed by atoms with Crippen LogP contribution in [0.5, 0.6) is 11.5 Å². The van der Waals surface area contributed by atoms with Crippen molar-refractivity contribution in [2.24, 2.45) is 11.7 Å². The Balaban J connectivity index is 1.79. The summed E-state index contributed by atoms with van der Waals surface area (Å²) in [6.45, 7) is -0.202. The Labute approximate surface area is 171 Å². The zero-order valence-electron chi connectivity index (χ0n) is 16.3. The second-order valence-electron chi connectivity index (χ2n) is 7.17. The quantitative estimate of drug-likeness (QED) is 0.775. The minimum Gasteiger partial charge on any atom is -0.493 e. The topological polar surface area (TPSA) is 114 Å². The highest BCUT2D eigenvalue weighted by Gasteiger charge is 2.36. The van der Waals surface area contributed by atoms with Gasteiger partial charge in [-0.3, -0.25) is 9.88 Å². The van der Waals surface area contributed by atoms with Crippen molar-refractivity contribution in [2.45, 2.75) is 25.4 Å². The molecular weight excluding hydrogens is 396 g/mol. The normalized spacial score (nSPS) is 16.4. The molecule has 0 radical (unpaired) electrons. The molecule has 4 rings (SSSR count). The summed E-state index contributed by atoms with van der Waals surface area (Å²) < 4.78 is 39.6. The molecule has 2 aromatic rings. The highest BCUT2D eigenvalue weighted by Crippen LogP contribution is 2.43. The molecule has 0 spiro atoms. The Bertz CT molecular complexity index is 1050. The lowest BCUT2D eigenvalue weighted by atomic mass is 9.99. The number of fused-ring (bicyclic) bond motifs is 1. The molecule has 1 aliphatic heterocycles. The fourth-order valence-electron chi connectivity index (χ4n) is 3.58. The first kappa shape index (κ1) is 19.8. The number of nitrogens with two attached hydrogens (primary N) is 1. The molecule has 0 saturated heterocycles. The Morgan fingerprint density at radius 2 is 1.93 bits per heavy atom. The van der Waals surface area contributed by atoms with Gasteiger partial charge in [-0.15, -0.1) is 0 Å². The lowest BCUT2D eigenvalue weighted by Gasteiger charge is -2.31. The molecule has 1 unspecified atom stereocenters. The van der Waals surface area contributed by atoms with Crippen LogP contribution >= 0.6 is 0 Å². The number of benzene rings is 1. The first-order valence-corrected chi connectivity index (χ1v) is 9.27. The van der Waals surface area contributed by atoms with Crippen LogP contribution in [0, 0.1) is 28.9 Å². The van der Waals surface area contributed by atoms with Crippen LogP contribution in [0.1, 0.15) is 35.7 Å². The lowest BCUT2D eigenvalue weighted by Crippen LogP contribution is -2.40. The van der Waals surface area contributed by atoms with Gasteiger partial charge < -0.3 is 20.5 Å². The highest BCUT2D eigenvalue weighted by atomic mass is 19.1. The fourth-order valence-corrected chi connectivity index (χ4v) is 3.58. The molecule has 2 heterocycles. The number of nitrogens with one attached hydrogen (secondary N) is 1. The number of nitriles is 1. The number of aromatic nitrogens is 1. The van der Waals surface area contributed by atoms with E-state index in [0.29, 0.717) is 11.3 Å². The standard InChI is InChI=1S/C20H19F2N5O3/c1-29-12-5-13(30-2)15(22)19(14(12)21)27-8-10-7-25-18(16(24)9-3-4-9)11(6-23)17(10)26-20(27)28/h5,7,9,16H,3-4,8,24H2,1-2H3,(H,26,28). The van der Waals surface area contributed by atoms with E-state index in [-0.39, 0.29) is 35.2 Å². The van der Waals surface area contributed by atoms with Gasteiger partial charge in [-0.25, -0.2) is 13.6 Å². The summed E-state index contributed by atoms with van der Waals surface area (Å²) in [6.07, 6.45) is 3.38. The number of rotatable bonds is 5. The number of carbonyl (C=O) groups excluding carboxylic acids is 1. The van der Waals surface area contributed by atoms with E-state index < -0.39 is 29.4 Å². The molecule has 0 bridgehead atoms.